The number of carbonyl (C=O) groups is 1. The van der Waals surface area contributed by atoms with Gasteiger partial charge in [0.05, 0.1) is 6.54 Å². The van der Waals surface area contributed by atoms with Crippen molar-refractivity contribution in [1.82, 2.24) is 14.5 Å². The Morgan fingerprint density at radius 1 is 1.11 bits per heavy atom. The molecular weight excluding hydrogens is 342 g/mol. The average Bonchev–Trinajstić information content (AvgIpc) is 3.12. The predicted molar refractivity (Wildman–Crippen MR) is 100 cm³/mol. The lowest BCUT2D eigenvalue weighted by Gasteiger charge is -2.30. The maximum absolute atomic E-state index is 13.2. The molecule has 0 bridgehead atoms. The molecule has 0 spiro atoms. The van der Waals surface area contributed by atoms with Gasteiger partial charge in [-0.3, -0.25) is 4.79 Å². The number of imidazole rings is 1. The van der Waals surface area contributed by atoms with E-state index < -0.39 is 6.10 Å². The molecule has 1 aromatic heterocycles. The first-order chi connectivity index (χ1) is 13.2. The van der Waals surface area contributed by atoms with Crippen molar-refractivity contribution in [3.63, 3.8) is 0 Å². The quantitative estimate of drug-likeness (QED) is 0.699. The standard InChI is InChI=1S/C21H21N3O3/c1-23-12-11-22-20(23)14-24(13-16-7-3-2-4-8-16)21(25)19-15-26-17-9-5-6-10-18(17)27-19/h2-12,19H,13-15H2,1H3/t19-/m0/s1. The normalized spacial score (nSPS) is 15.4. The van der Waals surface area contributed by atoms with Gasteiger partial charge in [-0.1, -0.05) is 42.5 Å². The summed E-state index contributed by atoms with van der Waals surface area (Å²) in [6, 6.07) is 17.3. The van der Waals surface area contributed by atoms with Crippen LogP contribution >= 0.6 is 0 Å². The van der Waals surface area contributed by atoms with Crippen LogP contribution in [0.3, 0.4) is 0 Å². The fourth-order valence-corrected chi connectivity index (χ4v) is 3.08. The third kappa shape index (κ3) is 3.79. The van der Waals surface area contributed by atoms with Crippen molar-refractivity contribution in [2.75, 3.05) is 6.61 Å². The van der Waals surface area contributed by atoms with Crippen molar-refractivity contribution in [2.45, 2.75) is 19.2 Å². The Labute approximate surface area is 158 Å². The molecule has 2 aromatic carbocycles. The molecule has 1 amide bonds. The van der Waals surface area contributed by atoms with Gasteiger partial charge in [-0.05, 0) is 17.7 Å². The third-order valence-corrected chi connectivity index (χ3v) is 4.57. The number of fused-ring (bicyclic) bond motifs is 1. The SMILES string of the molecule is Cn1ccnc1CN(Cc1ccccc1)C(=O)[C@@H]1COc2ccccc2O1. The summed E-state index contributed by atoms with van der Waals surface area (Å²) in [5.41, 5.74) is 1.05. The van der Waals surface area contributed by atoms with Gasteiger partial charge in [-0.2, -0.15) is 0 Å². The number of hydrogen-bond acceptors (Lipinski definition) is 4. The molecule has 0 radical (unpaired) electrons. The number of aromatic nitrogens is 2. The lowest BCUT2D eigenvalue weighted by atomic mass is 10.2. The summed E-state index contributed by atoms with van der Waals surface area (Å²) >= 11 is 0. The minimum Gasteiger partial charge on any atom is -0.485 e. The highest BCUT2D eigenvalue weighted by atomic mass is 16.6. The van der Waals surface area contributed by atoms with Crippen LogP contribution in [0.25, 0.3) is 0 Å². The van der Waals surface area contributed by atoms with Crippen molar-refractivity contribution < 1.29 is 14.3 Å². The Bertz CT molecular complexity index is 923. The molecule has 1 aliphatic heterocycles. The first-order valence-electron chi connectivity index (χ1n) is 8.88. The highest BCUT2D eigenvalue weighted by Crippen LogP contribution is 2.31. The zero-order valence-electron chi connectivity index (χ0n) is 15.1. The number of hydrogen-bond donors (Lipinski definition) is 0. The molecule has 0 fully saturated rings. The Morgan fingerprint density at radius 3 is 2.59 bits per heavy atom. The van der Waals surface area contributed by atoms with Crippen LogP contribution in [-0.2, 0) is 24.9 Å². The van der Waals surface area contributed by atoms with Crippen LogP contribution in [0.5, 0.6) is 11.5 Å². The molecule has 0 saturated heterocycles. The van der Waals surface area contributed by atoms with Gasteiger partial charge in [-0.15, -0.1) is 0 Å². The molecule has 1 atom stereocenters. The maximum atomic E-state index is 13.2. The van der Waals surface area contributed by atoms with E-state index in [9.17, 15) is 4.79 Å². The highest BCUT2D eigenvalue weighted by Gasteiger charge is 2.31. The smallest absolute Gasteiger partial charge is 0.267 e. The molecule has 0 unspecified atom stereocenters. The van der Waals surface area contributed by atoms with E-state index >= 15 is 0 Å². The highest BCUT2D eigenvalue weighted by molar-refractivity contribution is 5.82. The van der Waals surface area contributed by atoms with E-state index in [2.05, 4.69) is 4.98 Å². The molecule has 6 heteroatoms. The zero-order valence-corrected chi connectivity index (χ0v) is 15.1. The molecule has 2 heterocycles. The Kier molecular flexibility index (Phi) is 4.78. The number of para-hydroxylation sites is 2. The van der Waals surface area contributed by atoms with Crippen molar-refractivity contribution in [3.05, 3.63) is 78.4 Å². The number of nitrogens with zero attached hydrogens (tertiary/aromatic N) is 3. The lowest BCUT2D eigenvalue weighted by Crippen LogP contribution is -2.46. The van der Waals surface area contributed by atoms with Gasteiger partial charge in [0.2, 0.25) is 6.10 Å². The Balaban J connectivity index is 1.56. The molecule has 27 heavy (non-hydrogen) atoms. The first kappa shape index (κ1) is 17.1. The van der Waals surface area contributed by atoms with Gasteiger partial charge in [0, 0.05) is 26.0 Å². The summed E-state index contributed by atoms with van der Waals surface area (Å²) in [4.78, 5) is 19.4. The van der Waals surface area contributed by atoms with E-state index in [1.54, 1.807) is 11.1 Å². The predicted octanol–water partition coefficient (Wildman–Crippen LogP) is 2.79. The second-order valence-electron chi connectivity index (χ2n) is 6.50. The van der Waals surface area contributed by atoms with Gasteiger partial charge in [-0.25, -0.2) is 4.98 Å². The number of carbonyl (C=O) groups excluding carboxylic acids is 1. The fraction of sp³-hybridized carbons (Fsp3) is 0.238. The maximum Gasteiger partial charge on any atom is 0.267 e. The van der Waals surface area contributed by atoms with Gasteiger partial charge >= 0.3 is 0 Å². The van der Waals surface area contributed by atoms with Crippen LogP contribution in [0, 0.1) is 0 Å². The van der Waals surface area contributed by atoms with Crippen LogP contribution in [0.4, 0.5) is 0 Å². The Hall–Kier alpha value is -3.28. The van der Waals surface area contributed by atoms with Crippen molar-refractivity contribution in [3.8, 4) is 11.5 Å². The van der Waals surface area contributed by atoms with Crippen molar-refractivity contribution >= 4 is 5.91 Å². The van der Waals surface area contributed by atoms with Crippen LogP contribution in [0.1, 0.15) is 11.4 Å². The molecule has 4 rings (SSSR count). The Morgan fingerprint density at radius 2 is 1.85 bits per heavy atom. The molecule has 1 aliphatic rings. The van der Waals surface area contributed by atoms with Crippen molar-refractivity contribution in [2.24, 2.45) is 7.05 Å². The first-order valence-corrected chi connectivity index (χ1v) is 8.88. The summed E-state index contributed by atoms with van der Waals surface area (Å²) in [7, 11) is 1.92. The molecule has 138 valence electrons. The number of aryl methyl sites for hydroxylation is 1. The van der Waals surface area contributed by atoms with E-state index in [1.807, 2.05) is 72.4 Å². The van der Waals surface area contributed by atoms with Crippen LogP contribution in [0.15, 0.2) is 67.0 Å². The van der Waals surface area contributed by atoms with Gasteiger partial charge < -0.3 is 18.9 Å². The summed E-state index contributed by atoms with van der Waals surface area (Å²) in [5, 5.41) is 0. The second kappa shape index (κ2) is 7.53. The van der Waals surface area contributed by atoms with Gasteiger partial charge in [0.15, 0.2) is 11.5 Å². The van der Waals surface area contributed by atoms with Gasteiger partial charge in [0.25, 0.3) is 5.91 Å². The number of rotatable bonds is 5. The lowest BCUT2D eigenvalue weighted by molar-refractivity contribution is -0.142. The second-order valence-corrected chi connectivity index (χ2v) is 6.50. The number of benzene rings is 2. The molecular formula is C21H21N3O3. The summed E-state index contributed by atoms with van der Waals surface area (Å²) in [5.74, 6) is 1.96. The van der Waals surface area contributed by atoms with Crippen LogP contribution in [-0.4, -0.2) is 33.1 Å². The van der Waals surface area contributed by atoms with E-state index in [0.717, 1.165) is 11.4 Å². The monoisotopic (exact) mass is 363 g/mol. The van der Waals surface area contributed by atoms with Gasteiger partial charge in [0.1, 0.15) is 12.4 Å². The van der Waals surface area contributed by atoms with Crippen LogP contribution in [0.2, 0.25) is 0 Å². The largest absolute Gasteiger partial charge is 0.485 e. The summed E-state index contributed by atoms with van der Waals surface area (Å²) in [6.45, 7) is 1.08. The number of ether oxygens (including phenoxy) is 2. The van der Waals surface area contributed by atoms with Crippen LogP contribution < -0.4 is 9.47 Å². The van der Waals surface area contributed by atoms with E-state index in [-0.39, 0.29) is 12.5 Å². The van der Waals surface area contributed by atoms with Crippen molar-refractivity contribution in [1.29, 1.82) is 0 Å². The minimum absolute atomic E-state index is 0.114. The topological polar surface area (TPSA) is 56.6 Å². The summed E-state index contributed by atoms with van der Waals surface area (Å²) < 4.78 is 13.6. The summed E-state index contributed by atoms with van der Waals surface area (Å²) in [6.07, 6.45) is 2.93. The van der Waals surface area contributed by atoms with E-state index in [1.165, 1.54) is 0 Å². The van der Waals surface area contributed by atoms with E-state index in [4.69, 9.17) is 9.47 Å². The zero-order chi connectivity index (χ0) is 18.6. The molecule has 0 N–H and O–H groups in total. The van der Waals surface area contributed by atoms with E-state index in [0.29, 0.717) is 24.6 Å². The molecule has 3 aromatic rings. The molecule has 6 nitrogen and oxygen atoms in total. The molecule has 0 saturated carbocycles. The minimum atomic E-state index is -0.677. The molecule has 0 aliphatic carbocycles. The fourth-order valence-electron chi connectivity index (χ4n) is 3.08. The number of amides is 1. The average molecular weight is 363 g/mol. The third-order valence-electron chi connectivity index (χ3n) is 4.57.